The smallest absolute Gasteiger partial charge is 0.222 e. The van der Waals surface area contributed by atoms with Crippen LogP contribution in [0.25, 0.3) is 0 Å². The first-order chi connectivity index (χ1) is 9.08. The van der Waals surface area contributed by atoms with Gasteiger partial charge in [-0.15, -0.1) is 0 Å². The van der Waals surface area contributed by atoms with Crippen molar-refractivity contribution in [2.24, 2.45) is 0 Å². The maximum absolute atomic E-state index is 11.6. The van der Waals surface area contributed by atoms with Crippen molar-refractivity contribution in [3.8, 4) is 0 Å². The van der Waals surface area contributed by atoms with Crippen LogP contribution < -0.4 is 5.32 Å². The zero-order valence-corrected chi connectivity index (χ0v) is 12.0. The molecule has 0 aromatic heterocycles. The van der Waals surface area contributed by atoms with Gasteiger partial charge in [-0.2, -0.15) is 0 Å². The summed E-state index contributed by atoms with van der Waals surface area (Å²) in [6.45, 7) is 0.147. The minimum absolute atomic E-state index is 0.147. The summed E-state index contributed by atoms with van der Waals surface area (Å²) in [4.78, 5) is 22.4. The van der Waals surface area contributed by atoms with Crippen LogP contribution in [0.4, 0.5) is 0 Å². The van der Waals surface area contributed by atoms with Gasteiger partial charge >= 0.3 is 0 Å². The third-order valence-electron chi connectivity index (χ3n) is 2.64. The van der Waals surface area contributed by atoms with Crippen molar-refractivity contribution in [2.75, 3.05) is 13.8 Å². The van der Waals surface area contributed by atoms with E-state index in [4.69, 9.17) is 27.9 Å². The van der Waals surface area contributed by atoms with Crippen molar-refractivity contribution in [1.82, 2.24) is 5.32 Å². The lowest BCUT2D eigenvalue weighted by atomic mass is 9.93. The van der Waals surface area contributed by atoms with Crippen molar-refractivity contribution >= 4 is 35.4 Å². The third-order valence-corrected chi connectivity index (χ3v) is 3.38. The minimum Gasteiger partial charge on any atom is -0.364 e. The first-order valence-corrected chi connectivity index (χ1v) is 6.48. The van der Waals surface area contributed by atoms with E-state index in [0.29, 0.717) is 10.0 Å². The molecule has 1 rings (SSSR count). The van der Waals surface area contributed by atoms with E-state index in [0.717, 1.165) is 11.8 Å². The van der Waals surface area contributed by atoms with Crippen LogP contribution in [0.5, 0.6) is 0 Å². The molecule has 6 heteroatoms. The highest BCUT2D eigenvalue weighted by atomic mass is 35.5. The van der Waals surface area contributed by atoms with Crippen LogP contribution in [-0.4, -0.2) is 26.0 Å². The summed E-state index contributed by atoms with van der Waals surface area (Å²) in [5, 5.41) is 3.43. The van der Waals surface area contributed by atoms with Crippen LogP contribution in [-0.2, 0) is 14.3 Å². The van der Waals surface area contributed by atoms with Crippen LogP contribution in [0.1, 0.15) is 24.3 Å². The molecule has 1 unspecified atom stereocenters. The van der Waals surface area contributed by atoms with Gasteiger partial charge in [-0.25, -0.2) is 0 Å². The number of rotatable bonds is 7. The number of carbonyl (C=O) groups is 2. The fourth-order valence-corrected chi connectivity index (χ4v) is 1.97. The highest BCUT2D eigenvalue weighted by Gasteiger charge is 2.16. The number of carbonyl (C=O) groups excluding carboxylic acids is 2. The second kappa shape index (κ2) is 8.15. The molecule has 0 spiro atoms. The Hall–Kier alpha value is -1.10. The first-order valence-electron chi connectivity index (χ1n) is 5.72. The molecule has 0 saturated heterocycles. The fraction of sp³-hybridized carbons (Fsp3) is 0.385. The lowest BCUT2D eigenvalue weighted by Gasteiger charge is -2.15. The Labute approximate surface area is 122 Å². The second-order valence-corrected chi connectivity index (χ2v) is 4.82. The Bertz CT molecular complexity index is 452. The van der Waals surface area contributed by atoms with Crippen molar-refractivity contribution in [3.63, 3.8) is 0 Å². The largest absolute Gasteiger partial charge is 0.364 e. The molecule has 0 radical (unpaired) electrons. The number of ether oxygens (including phenoxy) is 1. The predicted octanol–water partition coefficient (Wildman–Crippen LogP) is 2.78. The standard InChI is InChI=1S/C13H15Cl2NO3/c1-19-8-16-13(18)7-10(4-5-17)9-2-3-11(14)12(15)6-9/h2-3,5-6,10H,4,7-8H2,1H3,(H,16,18). The zero-order chi connectivity index (χ0) is 14.3. The molecule has 1 N–H and O–H groups in total. The molecule has 0 aliphatic rings. The normalized spacial score (nSPS) is 11.9. The maximum atomic E-state index is 11.6. The number of aldehydes is 1. The molecular formula is C13H15Cl2NO3. The van der Waals surface area contributed by atoms with E-state index in [1.165, 1.54) is 7.11 Å². The SMILES string of the molecule is COCNC(=O)CC(CC=O)c1ccc(Cl)c(Cl)c1. The van der Waals surface area contributed by atoms with E-state index in [2.05, 4.69) is 5.32 Å². The van der Waals surface area contributed by atoms with Gasteiger partial charge in [0.1, 0.15) is 13.0 Å². The molecule has 1 aromatic carbocycles. The minimum atomic E-state index is -0.218. The van der Waals surface area contributed by atoms with Crippen molar-refractivity contribution in [1.29, 1.82) is 0 Å². The third kappa shape index (κ3) is 5.19. The highest BCUT2D eigenvalue weighted by molar-refractivity contribution is 6.42. The molecule has 0 bridgehead atoms. The Balaban J connectivity index is 2.78. The van der Waals surface area contributed by atoms with Gasteiger partial charge in [0.2, 0.25) is 5.91 Å². The molecule has 0 saturated carbocycles. The number of hydrogen-bond donors (Lipinski definition) is 1. The summed E-state index contributed by atoms with van der Waals surface area (Å²) in [6, 6.07) is 5.11. The molecular weight excluding hydrogens is 289 g/mol. The van der Waals surface area contributed by atoms with Crippen LogP contribution in [0.2, 0.25) is 10.0 Å². The topological polar surface area (TPSA) is 55.4 Å². The van der Waals surface area contributed by atoms with Crippen LogP contribution in [0, 0.1) is 0 Å². The van der Waals surface area contributed by atoms with Crippen LogP contribution in [0.15, 0.2) is 18.2 Å². The Kier molecular flexibility index (Phi) is 6.84. The number of hydrogen-bond acceptors (Lipinski definition) is 3. The summed E-state index contributed by atoms with van der Waals surface area (Å²) >= 11 is 11.8. The number of nitrogens with one attached hydrogen (secondary N) is 1. The van der Waals surface area contributed by atoms with Crippen molar-refractivity contribution in [2.45, 2.75) is 18.8 Å². The van der Waals surface area contributed by atoms with Crippen LogP contribution in [0.3, 0.4) is 0 Å². The van der Waals surface area contributed by atoms with Gasteiger partial charge in [0, 0.05) is 20.0 Å². The van der Waals surface area contributed by atoms with Gasteiger partial charge in [-0.3, -0.25) is 4.79 Å². The van der Waals surface area contributed by atoms with Crippen molar-refractivity contribution < 1.29 is 14.3 Å². The molecule has 1 aromatic rings. The van der Waals surface area contributed by atoms with E-state index < -0.39 is 0 Å². The summed E-state index contributed by atoms with van der Waals surface area (Å²) in [6.07, 6.45) is 1.23. The molecule has 1 atom stereocenters. The average molecular weight is 304 g/mol. The molecule has 104 valence electrons. The van der Waals surface area contributed by atoms with Gasteiger partial charge in [0.25, 0.3) is 0 Å². The molecule has 0 aliphatic heterocycles. The summed E-state index contributed by atoms with van der Waals surface area (Å²) in [7, 11) is 1.49. The monoisotopic (exact) mass is 303 g/mol. The molecule has 0 heterocycles. The Morgan fingerprint density at radius 3 is 2.74 bits per heavy atom. The fourth-order valence-electron chi connectivity index (χ4n) is 1.67. The van der Waals surface area contributed by atoms with E-state index in [1.54, 1.807) is 18.2 Å². The molecule has 0 aliphatic carbocycles. The number of amides is 1. The van der Waals surface area contributed by atoms with E-state index in [-0.39, 0.29) is 31.4 Å². The van der Waals surface area contributed by atoms with E-state index in [9.17, 15) is 9.59 Å². The second-order valence-electron chi connectivity index (χ2n) is 4.01. The highest BCUT2D eigenvalue weighted by Crippen LogP contribution is 2.29. The van der Waals surface area contributed by atoms with E-state index in [1.807, 2.05) is 0 Å². The predicted molar refractivity (Wildman–Crippen MR) is 74.5 cm³/mol. The van der Waals surface area contributed by atoms with Gasteiger partial charge in [0.05, 0.1) is 10.0 Å². The molecule has 4 nitrogen and oxygen atoms in total. The lowest BCUT2D eigenvalue weighted by Crippen LogP contribution is -2.27. The lowest BCUT2D eigenvalue weighted by molar-refractivity contribution is -0.123. The van der Waals surface area contributed by atoms with Gasteiger partial charge in [-0.1, -0.05) is 29.3 Å². The average Bonchev–Trinajstić information content (AvgIpc) is 2.39. The number of methoxy groups -OCH3 is 1. The van der Waals surface area contributed by atoms with Gasteiger partial charge in [0.15, 0.2) is 0 Å². The Morgan fingerprint density at radius 2 is 2.16 bits per heavy atom. The van der Waals surface area contributed by atoms with Crippen molar-refractivity contribution in [3.05, 3.63) is 33.8 Å². The van der Waals surface area contributed by atoms with Crippen LogP contribution >= 0.6 is 23.2 Å². The molecule has 1 amide bonds. The van der Waals surface area contributed by atoms with Gasteiger partial charge < -0.3 is 14.8 Å². The van der Waals surface area contributed by atoms with Gasteiger partial charge in [-0.05, 0) is 23.6 Å². The summed E-state index contributed by atoms with van der Waals surface area (Å²) in [5.41, 5.74) is 0.814. The number of halogens is 2. The Morgan fingerprint density at radius 1 is 1.42 bits per heavy atom. The quantitative estimate of drug-likeness (QED) is 0.622. The first kappa shape index (κ1) is 16.0. The summed E-state index contributed by atoms with van der Waals surface area (Å²) < 4.78 is 4.75. The zero-order valence-electron chi connectivity index (χ0n) is 10.5. The molecule has 0 fully saturated rings. The summed E-state index contributed by atoms with van der Waals surface area (Å²) in [5.74, 6) is -0.399. The van der Waals surface area contributed by atoms with E-state index >= 15 is 0 Å². The maximum Gasteiger partial charge on any atom is 0.222 e. The number of benzene rings is 1. The molecule has 19 heavy (non-hydrogen) atoms.